The fourth-order valence-corrected chi connectivity index (χ4v) is 2.96. The molecule has 0 aliphatic rings. The SMILES string of the molecule is COCCn1ccc2c(NC(=O)Cc3cccc(OC)c3)cccc2c1=O. The summed E-state index contributed by atoms with van der Waals surface area (Å²) in [5.41, 5.74) is 1.37. The lowest BCUT2D eigenvalue weighted by Crippen LogP contribution is -2.22. The number of carbonyl (C=O) groups is 1. The Labute approximate surface area is 157 Å². The van der Waals surface area contributed by atoms with Gasteiger partial charge in [-0.15, -0.1) is 0 Å². The molecule has 0 saturated carbocycles. The molecule has 0 atom stereocenters. The molecule has 2 aromatic carbocycles. The van der Waals surface area contributed by atoms with Crippen LogP contribution >= 0.6 is 0 Å². The van der Waals surface area contributed by atoms with E-state index in [0.717, 1.165) is 10.9 Å². The Bertz CT molecular complexity index is 1010. The average Bonchev–Trinajstić information content (AvgIpc) is 2.68. The van der Waals surface area contributed by atoms with Crippen LogP contribution in [0.5, 0.6) is 5.75 Å². The summed E-state index contributed by atoms with van der Waals surface area (Å²) in [6.07, 6.45) is 1.94. The van der Waals surface area contributed by atoms with Gasteiger partial charge in [0.05, 0.1) is 20.1 Å². The van der Waals surface area contributed by atoms with Crippen molar-refractivity contribution in [1.82, 2.24) is 4.57 Å². The van der Waals surface area contributed by atoms with Gasteiger partial charge in [-0.05, 0) is 35.9 Å². The largest absolute Gasteiger partial charge is 0.497 e. The average molecular weight is 366 g/mol. The van der Waals surface area contributed by atoms with Crippen molar-refractivity contribution in [3.8, 4) is 5.75 Å². The summed E-state index contributed by atoms with van der Waals surface area (Å²) >= 11 is 0. The van der Waals surface area contributed by atoms with Gasteiger partial charge in [0.2, 0.25) is 5.91 Å². The number of pyridine rings is 1. The molecule has 1 N–H and O–H groups in total. The second-order valence-electron chi connectivity index (χ2n) is 6.15. The molecule has 3 aromatic rings. The fraction of sp³-hybridized carbons (Fsp3) is 0.238. The Balaban J connectivity index is 1.83. The van der Waals surface area contributed by atoms with Crippen molar-refractivity contribution in [2.45, 2.75) is 13.0 Å². The molecule has 3 rings (SSSR count). The van der Waals surface area contributed by atoms with E-state index in [1.54, 1.807) is 43.2 Å². The minimum absolute atomic E-state index is 0.103. The number of benzene rings is 2. The third kappa shape index (κ3) is 4.35. The van der Waals surface area contributed by atoms with Crippen molar-refractivity contribution in [3.63, 3.8) is 0 Å². The van der Waals surface area contributed by atoms with Crippen molar-refractivity contribution in [2.24, 2.45) is 0 Å². The molecule has 140 valence electrons. The highest BCUT2D eigenvalue weighted by Crippen LogP contribution is 2.21. The first-order valence-electron chi connectivity index (χ1n) is 8.66. The number of methoxy groups -OCH3 is 2. The van der Waals surface area contributed by atoms with E-state index < -0.39 is 0 Å². The molecule has 6 nitrogen and oxygen atoms in total. The van der Waals surface area contributed by atoms with Crippen LogP contribution < -0.4 is 15.6 Å². The minimum Gasteiger partial charge on any atom is -0.497 e. The quantitative estimate of drug-likeness (QED) is 0.698. The van der Waals surface area contributed by atoms with Gasteiger partial charge in [-0.1, -0.05) is 18.2 Å². The Kier molecular flexibility index (Phi) is 5.88. The highest BCUT2D eigenvalue weighted by molar-refractivity contribution is 6.02. The van der Waals surface area contributed by atoms with Crippen LogP contribution in [0.1, 0.15) is 5.56 Å². The van der Waals surface area contributed by atoms with E-state index in [1.165, 1.54) is 0 Å². The Morgan fingerprint density at radius 2 is 1.89 bits per heavy atom. The Morgan fingerprint density at radius 3 is 2.67 bits per heavy atom. The first-order valence-corrected chi connectivity index (χ1v) is 8.66. The minimum atomic E-state index is -0.153. The molecule has 0 fully saturated rings. The standard InChI is InChI=1S/C21H22N2O4/c1-26-12-11-23-10-9-17-18(21(23)25)7-4-8-19(17)22-20(24)14-15-5-3-6-16(13-15)27-2/h3-10,13H,11-12,14H2,1-2H3,(H,22,24). The fourth-order valence-electron chi connectivity index (χ4n) is 2.96. The second-order valence-corrected chi connectivity index (χ2v) is 6.15. The first kappa shape index (κ1) is 18.7. The van der Waals surface area contributed by atoms with Crippen LogP contribution in [0.15, 0.2) is 59.5 Å². The monoisotopic (exact) mass is 366 g/mol. The van der Waals surface area contributed by atoms with E-state index in [-0.39, 0.29) is 17.9 Å². The van der Waals surface area contributed by atoms with Crippen molar-refractivity contribution in [1.29, 1.82) is 0 Å². The Morgan fingerprint density at radius 1 is 1.07 bits per heavy atom. The van der Waals surface area contributed by atoms with E-state index in [2.05, 4.69) is 5.32 Å². The number of anilines is 1. The number of nitrogens with zero attached hydrogens (tertiary/aromatic N) is 1. The summed E-state index contributed by atoms with van der Waals surface area (Å²) in [4.78, 5) is 25.1. The van der Waals surface area contributed by atoms with Gasteiger partial charge in [-0.3, -0.25) is 9.59 Å². The van der Waals surface area contributed by atoms with Crippen LogP contribution in [0.4, 0.5) is 5.69 Å². The van der Waals surface area contributed by atoms with Gasteiger partial charge in [0.25, 0.3) is 5.56 Å². The summed E-state index contributed by atoms with van der Waals surface area (Å²) < 4.78 is 11.8. The molecule has 0 bridgehead atoms. The van der Waals surface area contributed by atoms with E-state index >= 15 is 0 Å². The molecule has 1 heterocycles. The highest BCUT2D eigenvalue weighted by atomic mass is 16.5. The third-order valence-corrected chi connectivity index (χ3v) is 4.33. The molecule has 1 amide bonds. The zero-order valence-corrected chi connectivity index (χ0v) is 15.4. The third-order valence-electron chi connectivity index (χ3n) is 4.33. The van der Waals surface area contributed by atoms with Gasteiger partial charge >= 0.3 is 0 Å². The maximum atomic E-state index is 12.6. The van der Waals surface area contributed by atoms with Crippen LogP contribution in [-0.2, 0) is 22.5 Å². The van der Waals surface area contributed by atoms with E-state index in [4.69, 9.17) is 9.47 Å². The molecule has 0 spiro atoms. The molecule has 0 radical (unpaired) electrons. The number of aromatic nitrogens is 1. The summed E-state index contributed by atoms with van der Waals surface area (Å²) in [6, 6.07) is 14.6. The van der Waals surface area contributed by atoms with Crippen molar-refractivity contribution in [3.05, 3.63) is 70.6 Å². The zero-order chi connectivity index (χ0) is 19.2. The smallest absolute Gasteiger partial charge is 0.258 e. The van der Waals surface area contributed by atoms with Crippen molar-refractivity contribution < 1.29 is 14.3 Å². The normalized spacial score (nSPS) is 10.7. The van der Waals surface area contributed by atoms with E-state index in [9.17, 15) is 9.59 Å². The van der Waals surface area contributed by atoms with Crippen LogP contribution in [0.25, 0.3) is 10.8 Å². The van der Waals surface area contributed by atoms with Crippen LogP contribution in [0.3, 0.4) is 0 Å². The number of hydrogen-bond acceptors (Lipinski definition) is 4. The summed E-state index contributed by atoms with van der Waals surface area (Å²) in [5, 5.41) is 4.19. The number of nitrogens with one attached hydrogen (secondary N) is 1. The molecular formula is C21H22N2O4. The summed E-state index contributed by atoms with van der Waals surface area (Å²) in [7, 11) is 3.19. The molecule has 0 unspecified atom stereocenters. The molecule has 0 aliphatic heterocycles. The van der Waals surface area contributed by atoms with Gasteiger partial charge in [0.1, 0.15) is 5.75 Å². The number of hydrogen-bond donors (Lipinski definition) is 1. The lowest BCUT2D eigenvalue weighted by Gasteiger charge is -2.11. The number of ether oxygens (including phenoxy) is 2. The molecule has 27 heavy (non-hydrogen) atoms. The predicted octanol–water partition coefficient (Wildman–Crippen LogP) is 2.84. The van der Waals surface area contributed by atoms with Gasteiger partial charge in [-0.2, -0.15) is 0 Å². The lowest BCUT2D eigenvalue weighted by molar-refractivity contribution is -0.115. The lowest BCUT2D eigenvalue weighted by atomic mass is 10.1. The topological polar surface area (TPSA) is 69.6 Å². The van der Waals surface area contributed by atoms with Gasteiger partial charge < -0.3 is 19.4 Å². The Hall–Kier alpha value is -3.12. The first-order chi connectivity index (χ1) is 13.1. The maximum Gasteiger partial charge on any atom is 0.258 e. The second kappa shape index (κ2) is 8.51. The number of carbonyl (C=O) groups excluding carboxylic acids is 1. The van der Waals surface area contributed by atoms with Crippen LogP contribution in [-0.4, -0.2) is 31.3 Å². The van der Waals surface area contributed by atoms with E-state index in [1.807, 2.05) is 30.3 Å². The number of fused-ring (bicyclic) bond motifs is 1. The van der Waals surface area contributed by atoms with Gasteiger partial charge in [-0.25, -0.2) is 0 Å². The summed E-state index contributed by atoms with van der Waals surface area (Å²) in [6.45, 7) is 0.945. The van der Waals surface area contributed by atoms with Crippen molar-refractivity contribution >= 4 is 22.4 Å². The van der Waals surface area contributed by atoms with Gasteiger partial charge in [0, 0.05) is 36.3 Å². The molecule has 0 aliphatic carbocycles. The summed E-state index contributed by atoms with van der Waals surface area (Å²) in [5.74, 6) is 0.557. The molecule has 1 aromatic heterocycles. The predicted molar refractivity (Wildman–Crippen MR) is 105 cm³/mol. The van der Waals surface area contributed by atoms with Crippen LogP contribution in [0.2, 0.25) is 0 Å². The number of amides is 1. The van der Waals surface area contributed by atoms with E-state index in [0.29, 0.717) is 30.0 Å². The number of rotatable bonds is 7. The van der Waals surface area contributed by atoms with Crippen LogP contribution in [0, 0.1) is 0 Å². The highest BCUT2D eigenvalue weighted by Gasteiger charge is 2.10. The van der Waals surface area contributed by atoms with Crippen molar-refractivity contribution in [2.75, 3.05) is 26.1 Å². The molecule has 0 saturated heterocycles. The molecular weight excluding hydrogens is 344 g/mol. The zero-order valence-electron chi connectivity index (χ0n) is 15.4. The maximum absolute atomic E-state index is 12.6. The van der Waals surface area contributed by atoms with Gasteiger partial charge in [0.15, 0.2) is 0 Å². The molecule has 6 heteroatoms.